The van der Waals surface area contributed by atoms with Crippen molar-refractivity contribution in [3.63, 3.8) is 0 Å². The molecule has 30 heavy (non-hydrogen) atoms. The van der Waals surface area contributed by atoms with E-state index in [2.05, 4.69) is 31.3 Å². The maximum Gasteiger partial charge on any atom is 0.232 e. The third-order valence-corrected chi connectivity index (χ3v) is 5.35. The van der Waals surface area contributed by atoms with E-state index in [9.17, 15) is 14.0 Å². The summed E-state index contributed by atoms with van der Waals surface area (Å²) in [5, 5.41) is 7.64. The van der Waals surface area contributed by atoms with Crippen LogP contribution in [0.15, 0.2) is 45.7 Å². The van der Waals surface area contributed by atoms with Gasteiger partial charge in [0.25, 0.3) is 0 Å². The van der Waals surface area contributed by atoms with Crippen LogP contribution in [-0.2, 0) is 18.3 Å². The molecule has 0 aliphatic heterocycles. The SMILES string of the molecule is CC(C)n1nc(CC(=O)Nc2nc3cc(F)ccc3n2C)c(=O)c2ccc(Br)cc21. The van der Waals surface area contributed by atoms with Crippen LogP contribution in [0.5, 0.6) is 0 Å². The summed E-state index contributed by atoms with van der Waals surface area (Å²) in [6.07, 6.45) is -0.199. The smallest absolute Gasteiger partial charge is 0.232 e. The Labute approximate surface area is 179 Å². The summed E-state index contributed by atoms with van der Waals surface area (Å²) in [5.41, 5.74) is 1.69. The number of rotatable bonds is 4. The predicted molar refractivity (Wildman–Crippen MR) is 117 cm³/mol. The van der Waals surface area contributed by atoms with Crippen LogP contribution in [-0.4, -0.2) is 25.2 Å². The van der Waals surface area contributed by atoms with Crippen molar-refractivity contribution in [1.82, 2.24) is 19.3 Å². The fourth-order valence-electron chi connectivity index (χ4n) is 3.39. The van der Waals surface area contributed by atoms with Crippen LogP contribution in [0.3, 0.4) is 0 Å². The van der Waals surface area contributed by atoms with Crippen molar-refractivity contribution in [2.45, 2.75) is 26.3 Å². The van der Waals surface area contributed by atoms with Crippen LogP contribution in [0.1, 0.15) is 25.6 Å². The van der Waals surface area contributed by atoms with Gasteiger partial charge in [-0.3, -0.25) is 19.6 Å². The minimum atomic E-state index is -0.426. The predicted octanol–water partition coefficient (Wildman–Crippen LogP) is 3.95. The van der Waals surface area contributed by atoms with Crippen molar-refractivity contribution in [3.8, 4) is 0 Å². The Morgan fingerprint density at radius 2 is 1.97 bits per heavy atom. The van der Waals surface area contributed by atoms with Crippen LogP contribution in [0.2, 0.25) is 0 Å². The topological polar surface area (TPSA) is 81.8 Å². The monoisotopic (exact) mass is 471 g/mol. The lowest BCUT2D eigenvalue weighted by Gasteiger charge is -2.15. The van der Waals surface area contributed by atoms with Crippen molar-refractivity contribution >= 4 is 49.7 Å². The van der Waals surface area contributed by atoms with Gasteiger partial charge in [-0.05, 0) is 44.2 Å². The molecule has 0 spiro atoms. The first-order valence-corrected chi connectivity index (χ1v) is 10.2. The zero-order chi connectivity index (χ0) is 21.6. The molecule has 0 atom stereocenters. The summed E-state index contributed by atoms with van der Waals surface area (Å²) in [6, 6.07) is 9.58. The number of hydrogen-bond acceptors (Lipinski definition) is 4. The van der Waals surface area contributed by atoms with Crippen molar-refractivity contribution < 1.29 is 9.18 Å². The van der Waals surface area contributed by atoms with E-state index in [4.69, 9.17) is 0 Å². The van der Waals surface area contributed by atoms with Gasteiger partial charge in [-0.15, -0.1) is 0 Å². The van der Waals surface area contributed by atoms with Gasteiger partial charge in [-0.1, -0.05) is 15.9 Å². The average molecular weight is 472 g/mol. The zero-order valence-electron chi connectivity index (χ0n) is 16.6. The maximum atomic E-state index is 13.4. The van der Waals surface area contributed by atoms with E-state index in [1.165, 1.54) is 12.1 Å². The quantitative estimate of drug-likeness (QED) is 0.488. The second kappa shape index (κ2) is 7.64. The molecular weight excluding hydrogens is 453 g/mol. The van der Waals surface area contributed by atoms with Crippen LogP contribution >= 0.6 is 15.9 Å². The molecule has 0 fully saturated rings. The largest absolute Gasteiger partial charge is 0.313 e. The molecule has 9 heteroatoms. The minimum Gasteiger partial charge on any atom is -0.313 e. The first kappa shape index (κ1) is 20.2. The number of nitrogens with zero attached hydrogens (tertiary/aromatic N) is 4. The fraction of sp³-hybridized carbons (Fsp3) is 0.238. The Morgan fingerprint density at radius 3 is 2.70 bits per heavy atom. The lowest BCUT2D eigenvalue weighted by Crippen LogP contribution is -2.26. The molecule has 1 N–H and O–H groups in total. The van der Waals surface area contributed by atoms with Crippen LogP contribution in [0.4, 0.5) is 10.3 Å². The molecule has 0 aliphatic rings. The summed E-state index contributed by atoms with van der Waals surface area (Å²) in [7, 11) is 1.72. The minimum absolute atomic E-state index is 0.000975. The number of halogens is 2. The fourth-order valence-corrected chi connectivity index (χ4v) is 3.74. The maximum absolute atomic E-state index is 13.4. The highest BCUT2D eigenvalue weighted by Gasteiger charge is 2.18. The van der Waals surface area contributed by atoms with E-state index < -0.39 is 11.7 Å². The molecule has 0 bridgehead atoms. The van der Waals surface area contributed by atoms with Crippen LogP contribution in [0, 0.1) is 5.82 Å². The third kappa shape index (κ3) is 3.60. The van der Waals surface area contributed by atoms with Gasteiger partial charge in [-0.25, -0.2) is 9.37 Å². The Hall–Kier alpha value is -3.07. The number of carbonyl (C=O) groups excluding carboxylic acids is 1. The van der Waals surface area contributed by atoms with Gasteiger partial charge in [0, 0.05) is 29.0 Å². The number of aryl methyl sites for hydroxylation is 1. The van der Waals surface area contributed by atoms with Gasteiger partial charge >= 0.3 is 0 Å². The van der Waals surface area contributed by atoms with E-state index in [1.54, 1.807) is 34.5 Å². The average Bonchev–Trinajstić information content (AvgIpc) is 2.98. The molecule has 0 saturated carbocycles. The van der Waals surface area contributed by atoms with Crippen LogP contribution in [0.25, 0.3) is 21.9 Å². The normalized spacial score (nSPS) is 11.5. The van der Waals surface area contributed by atoms with Gasteiger partial charge in [-0.2, -0.15) is 5.10 Å². The molecular formula is C21H19BrFN5O2. The number of imidazole rings is 1. The summed E-state index contributed by atoms with van der Waals surface area (Å²) < 4.78 is 17.7. The Balaban J connectivity index is 1.68. The highest BCUT2D eigenvalue weighted by molar-refractivity contribution is 9.10. The Kier molecular flexibility index (Phi) is 5.15. The molecule has 2 heterocycles. The number of nitrogens with one attached hydrogen (secondary N) is 1. The molecule has 2 aromatic heterocycles. The van der Waals surface area contributed by atoms with Gasteiger partial charge in [0.2, 0.25) is 17.3 Å². The van der Waals surface area contributed by atoms with E-state index in [0.29, 0.717) is 21.9 Å². The highest BCUT2D eigenvalue weighted by atomic mass is 79.9. The first-order chi connectivity index (χ1) is 14.2. The molecule has 0 saturated heterocycles. The van der Waals surface area contributed by atoms with Gasteiger partial charge < -0.3 is 4.57 Å². The van der Waals surface area contributed by atoms with Crippen molar-refractivity contribution in [1.29, 1.82) is 0 Å². The number of fused-ring (bicyclic) bond motifs is 2. The molecule has 0 radical (unpaired) electrons. The van der Waals surface area contributed by atoms with E-state index in [1.807, 2.05) is 19.9 Å². The molecule has 1 amide bonds. The number of carbonyl (C=O) groups is 1. The molecule has 2 aromatic carbocycles. The van der Waals surface area contributed by atoms with E-state index in [-0.39, 0.29) is 29.5 Å². The summed E-state index contributed by atoms with van der Waals surface area (Å²) in [4.78, 5) is 29.8. The van der Waals surface area contributed by atoms with Gasteiger partial charge in [0.05, 0.1) is 23.0 Å². The lowest BCUT2D eigenvalue weighted by atomic mass is 10.1. The van der Waals surface area contributed by atoms with Crippen molar-refractivity contribution in [2.75, 3.05) is 5.32 Å². The zero-order valence-corrected chi connectivity index (χ0v) is 18.2. The van der Waals surface area contributed by atoms with Crippen LogP contribution < -0.4 is 10.7 Å². The van der Waals surface area contributed by atoms with E-state index in [0.717, 1.165) is 4.47 Å². The summed E-state index contributed by atoms with van der Waals surface area (Å²) in [6.45, 7) is 3.92. The van der Waals surface area contributed by atoms with Crippen molar-refractivity contribution in [3.05, 3.63) is 62.6 Å². The lowest BCUT2D eigenvalue weighted by molar-refractivity contribution is -0.115. The molecule has 4 rings (SSSR count). The standard InChI is InChI=1S/C21H19BrFN5O2/c1-11(2)28-18-8-12(22)4-6-14(18)20(30)16(26-28)10-19(29)25-21-24-15-9-13(23)5-7-17(15)27(21)3/h4-9,11H,10H2,1-3H3,(H,24,25,29). The highest BCUT2D eigenvalue weighted by Crippen LogP contribution is 2.21. The number of aromatic nitrogens is 4. The molecule has 4 aromatic rings. The molecule has 7 nitrogen and oxygen atoms in total. The number of hydrogen-bond donors (Lipinski definition) is 1. The second-order valence-corrected chi connectivity index (χ2v) is 8.24. The van der Waals surface area contributed by atoms with Gasteiger partial charge in [0.1, 0.15) is 11.5 Å². The van der Waals surface area contributed by atoms with Gasteiger partial charge in [0.15, 0.2) is 0 Å². The second-order valence-electron chi connectivity index (χ2n) is 7.33. The molecule has 0 aliphatic carbocycles. The first-order valence-electron chi connectivity index (χ1n) is 9.37. The summed E-state index contributed by atoms with van der Waals surface area (Å²) in [5.74, 6) is -0.556. The van der Waals surface area contributed by atoms with E-state index >= 15 is 0 Å². The summed E-state index contributed by atoms with van der Waals surface area (Å²) >= 11 is 3.42. The number of amides is 1. The Bertz CT molecular complexity index is 1360. The molecule has 154 valence electrons. The number of anilines is 1. The molecule has 0 unspecified atom stereocenters. The third-order valence-electron chi connectivity index (χ3n) is 4.85. The number of benzene rings is 2. The Morgan fingerprint density at radius 1 is 1.20 bits per heavy atom. The van der Waals surface area contributed by atoms with Crippen molar-refractivity contribution in [2.24, 2.45) is 7.05 Å².